The van der Waals surface area contributed by atoms with E-state index in [-0.39, 0.29) is 0 Å². The highest BCUT2D eigenvalue weighted by Gasteiger charge is 2.33. The lowest BCUT2D eigenvalue weighted by Gasteiger charge is -2.39. The molecule has 0 aliphatic carbocycles. The molecule has 2 aromatic carbocycles. The number of rotatable bonds is 19. The van der Waals surface area contributed by atoms with E-state index in [9.17, 15) is 8.42 Å². The number of unbranched alkanes of at least 4 members (excludes halogenated alkanes) is 10. The van der Waals surface area contributed by atoms with Crippen LogP contribution in [0.25, 0.3) is 0 Å². The minimum Gasteiger partial charge on any atom is -0.308 e. The molecule has 4 nitrogen and oxygen atoms in total. The summed E-state index contributed by atoms with van der Waals surface area (Å²) in [6.07, 6.45) is 15.0. The zero-order valence-electron chi connectivity index (χ0n) is 23.4. The van der Waals surface area contributed by atoms with Gasteiger partial charge in [0.2, 0.25) is 0 Å². The summed E-state index contributed by atoms with van der Waals surface area (Å²) in [4.78, 5) is 0.364. The van der Waals surface area contributed by atoms with E-state index < -0.39 is 10.0 Å². The van der Waals surface area contributed by atoms with Crippen LogP contribution in [0.3, 0.4) is 0 Å². The van der Waals surface area contributed by atoms with Gasteiger partial charge in [0.25, 0.3) is 10.0 Å². The van der Waals surface area contributed by atoms with Crippen molar-refractivity contribution in [1.29, 1.82) is 0 Å². The number of anilines is 1. The van der Waals surface area contributed by atoms with Crippen molar-refractivity contribution in [3.63, 3.8) is 0 Å². The van der Waals surface area contributed by atoms with Gasteiger partial charge in [0.05, 0.1) is 30.7 Å². The second-order valence-electron chi connectivity index (χ2n) is 10.7. The molecule has 2 aromatic rings. The summed E-state index contributed by atoms with van der Waals surface area (Å²) >= 11 is 0. The van der Waals surface area contributed by atoms with Crippen LogP contribution in [0.2, 0.25) is 0 Å². The molecule has 0 fully saturated rings. The second kappa shape index (κ2) is 16.1. The number of benzene rings is 2. The molecule has 0 aromatic heterocycles. The van der Waals surface area contributed by atoms with Gasteiger partial charge in [-0.05, 0) is 56.9 Å². The van der Waals surface area contributed by atoms with Crippen molar-refractivity contribution in [2.45, 2.75) is 103 Å². The molecule has 0 N–H and O–H groups in total. The van der Waals surface area contributed by atoms with Gasteiger partial charge in [-0.1, -0.05) is 101 Å². The molecule has 0 aliphatic rings. The van der Waals surface area contributed by atoms with Crippen molar-refractivity contribution in [2.24, 2.45) is 0 Å². The molecular formula is C31H51N2O2S+. The normalized spacial score (nSPS) is 12.1. The molecule has 0 bridgehead atoms. The summed E-state index contributed by atoms with van der Waals surface area (Å²) in [7, 11) is -1.41. The van der Waals surface area contributed by atoms with Crippen LogP contribution in [0.15, 0.2) is 59.5 Å². The summed E-state index contributed by atoms with van der Waals surface area (Å²) < 4.78 is 30.3. The Kier molecular flexibility index (Phi) is 13.6. The van der Waals surface area contributed by atoms with Gasteiger partial charge in [-0.25, -0.2) is 12.7 Å². The molecule has 2 rings (SSSR count). The first-order valence-corrected chi connectivity index (χ1v) is 15.7. The second-order valence-corrected chi connectivity index (χ2v) is 12.6. The van der Waals surface area contributed by atoms with Crippen LogP contribution in [0.1, 0.15) is 96.5 Å². The highest BCUT2D eigenvalue weighted by atomic mass is 32.2. The lowest BCUT2D eigenvalue weighted by Crippen LogP contribution is -2.54. The molecule has 0 spiro atoms. The summed E-state index contributed by atoms with van der Waals surface area (Å²) in [5.41, 5.74) is 1.81. The van der Waals surface area contributed by atoms with Crippen molar-refractivity contribution in [3.8, 4) is 0 Å². The summed E-state index contributed by atoms with van der Waals surface area (Å²) in [5, 5.41) is 0. The Morgan fingerprint density at radius 1 is 0.667 bits per heavy atom. The van der Waals surface area contributed by atoms with Gasteiger partial charge in [-0.15, -0.1) is 0 Å². The number of hydrogen-bond acceptors (Lipinski definition) is 2. The lowest BCUT2D eigenvalue weighted by atomic mass is 10.1. The third kappa shape index (κ3) is 10.3. The fourth-order valence-corrected chi connectivity index (χ4v) is 6.40. The third-order valence-corrected chi connectivity index (χ3v) is 9.00. The lowest BCUT2D eigenvalue weighted by molar-refractivity contribution is -0.908. The van der Waals surface area contributed by atoms with Crippen molar-refractivity contribution in [2.75, 3.05) is 31.1 Å². The first kappa shape index (κ1) is 30.4. The van der Waals surface area contributed by atoms with E-state index in [1.165, 1.54) is 64.2 Å². The van der Waals surface area contributed by atoms with E-state index in [0.29, 0.717) is 11.6 Å². The minimum absolute atomic E-state index is 0.364. The number of nitrogens with zero attached hydrogens (tertiary/aromatic N) is 2. The molecule has 0 radical (unpaired) electrons. The van der Waals surface area contributed by atoms with Gasteiger partial charge in [0, 0.05) is 0 Å². The van der Waals surface area contributed by atoms with Gasteiger partial charge in [0.15, 0.2) is 6.67 Å². The number of quaternary nitrogens is 1. The molecule has 0 amide bonds. The van der Waals surface area contributed by atoms with Crippen LogP contribution in [-0.4, -0.2) is 39.7 Å². The molecule has 202 valence electrons. The van der Waals surface area contributed by atoms with Crippen LogP contribution < -0.4 is 4.31 Å². The fourth-order valence-electron chi connectivity index (χ4n) is 4.84. The van der Waals surface area contributed by atoms with Gasteiger partial charge >= 0.3 is 0 Å². The molecule has 0 aliphatic heterocycles. The SMILES string of the molecule is CCCCCCCC[N+](C)(CCCCCCCC)CN(c1ccccc1)S(=O)(=O)c1ccc(C)cc1. The Morgan fingerprint density at radius 3 is 1.64 bits per heavy atom. The Hall–Kier alpha value is -1.85. The fraction of sp³-hybridized carbons (Fsp3) is 0.613. The predicted octanol–water partition coefficient (Wildman–Crippen LogP) is 8.32. The monoisotopic (exact) mass is 515 g/mol. The van der Waals surface area contributed by atoms with E-state index in [2.05, 4.69) is 20.9 Å². The number of hydrogen-bond donors (Lipinski definition) is 0. The topological polar surface area (TPSA) is 37.4 Å². The molecule has 36 heavy (non-hydrogen) atoms. The molecule has 0 atom stereocenters. The van der Waals surface area contributed by atoms with E-state index in [0.717, 1.165) is 41.7 Å². The zero-order chi connectivity index (χ0) is 26.3. The van der Waals surface area contributed by atoms with Gasteiger partial charge < -0.3 is 4.48 Å². The van der Waals surface area contributed by atoms with E-state index in [1.807, 2.05) is 49.4 Å². The Morgan fingerprint density at radius 2 is 1.14 bits per heavy atom. The number of aryl methyl sites for hydroxylation is 1. The maximum Gasteiger partial charge on any atom is 0.268 e. The molecule has 0 saturated heterocycles. The Balaban J connectivity index is 2.24. The van der Waals surface area contributed by atoms with Crippen molar-refractivity contribution >= 4 is 15.7 Å². The van der Waals surface area contributed by atoms with Crippen LogP contribution in [0.4, 0.5) is 5.69 Å². The quantitative estimate of drug-likeness (QED) is 0.107. The standard InChI is InChI=1S/C31H51N2O2S/c1-5-7-9-11-13-18-26-33(4,27-19-14-12-10-8-6-2)28-32(30-20-16-15-17-21-30)36(34,35)31-24-22-29(3)23-25-31/h15-17,20-25H,5-14,18-19,26-28H2,1-4H3/q+1. The number of para-hydroxylation sites is 1. The highest BCUT2D eigenvalue weighted by Crippen LogP contribution is 2.26. The maximum atomic E-state index is 13.9. The summed E-state index contributed by atoms with van der Waals surface area (Å²) in [5.74, 6) is 0. The molecular weight excluding hydrogens is 464 g/mol. The largest absolute Gasteiger partial charge is 0.308 e. The minimum atomic E-state index is -3.67. The van der Waals surface area contributed by atoms with Crippen LogP contribution in [0.5, 0.6) is 0 Å². The van der Waals surface area contributed by atoms with Crippen LogP contribution >= 0.6 is 0 Å². The van der Waals surface area contributed by atoms with Crippen LogP contribution in [0, 0.1) is 6.92 Å². The molecule has 0 saturated carbocycles. The van der Waals surface area contributed by atoms with Crippen molar-refractivity contribution in [1.82, 2.24) is 0 Å². The van der Waals surface area contributed by atoms with Gasteiger partial charge in [-0.2, -0.15) is 0 Å². The maximum absolute atomic E-state index is 13.9. The predicted molar refractivity (Wildman–Crippen MR) is 155 cm³/mol. The van der Waals surface area contributed by atoms with Crippen LogP contribution in [-0.2, 0) is 10.0 Å². The molecule has 0 heterocycles. The number of sulfonamides is 1. The first-order chi connectivity index (χ1) is 17.3. The Bertz CT molecular complexity index is 926. The van der Waals surface area contributed by atoms with Crippen molar-refractivity contribution in [3.05, 3.63) is 60.2 Å². The van der Waals surface area contributed by atoms with E-state index in [1.54, 1.807) is 16.4 Å². The van der Waals surface area contributed by atoms with E-state index in [4.69, 9.17) is 0 Å². The first-order valence-electron chi connectivity index (χ1n) is 14.3. The van der Waals surface area contributed by atoms with Gasteiger partial charge in [0.1, 0.15) is 0 Å². The Labute approximate surface area is 222 Å². The smallest absolute Gasteiger partial charge is 0.268 e. The molecule has 5 heteroatoms. The summed E-state index contributed by atoms with van der Waals surface area (Å²) in [6, 6.07) is 16.9. The zero-order valence-corrected chi connectivity index (χ0v) is 24.2. The van der Waals surface area contributed by atoms with E-state index >= 15 is 0 Å². The summed E-state index contributed by atoms with van der Waals surface area (Å²) in [6.45, 7) is 8.97. The van der Waals surface area contributed by atoms with Crippen molar-refractivity contribution < 1.29 is 12.9 Å². The molecule has 0 unspecified atom stereocenters. The van der Waals surface area contributed by atoms with Gasteiger partial charge in [-0.3, -0.25) is 0 Å². The highest BCUT2D eigenvalue weighted by molar-refractivity contribution is 7.92. The average Bonchev–Trinajstić information content (AvgIpc) is 2.87. The third-order valence-electron chi connectivity index (χ3n) is 7.23. The average molecular weight is 516 g/mol.